The predicted octanol–water partition coefficient (Wildman–Crippen LogP) is 3.76. The molecule has 4 nitrogen and oxygen atoms in total. The Kier molecular flexibility index (Phi) is 4.45. The number of aromatic nitrogens is 2. The molecule has 0 fully saturated rings. The molecule has 2 aromatic rings. The van der Waals surface area contributed by atoms with Gasteiger partial charge in [-0.25, -0.2) is 9.97 Å². The smallest absolute Gasteiger partial charge is 0.135 e. The predicted molar refractivity (Wildman–Crippen MR) is 84.0 cm³/mol. The van der Waals surface area contributed by atoms with Crippen LogP contribution in [0.2, 0.25) is 5.02 Å². The van der Waals surface area contributed by atoms with Crippen LogP contribution in [0.25, 0.3) is 0 Å². The molecule has 20 heavy (non-hydrogen) atoms. The number of hydrogen-bond donors (Lipinski definition) is 2. The Balaban J connectivity index is 2.23. The Morgan fingerprint density at radius 2 is 1.95 bits per heavy atom. The highest BCUT2D eigenvalue weighted by atomic mass is 35.5. The van der Waals surface area contributed by atoms with Gasteiger partial charge in [0, 0.05) is 23.0 Å². The third kappa shape index (κ3) is 3.20. The monoisotopic (exact) mass is 290 g/mol. The van der Waals surface area contributed by atoms with Gasteiger partial charge in [-0.05, 0) is 18.6 Å². The highest BCUT2D eigenvalue weighted by molar-refractivity contribution is 6.31. The van der Waals surface area contributed by atoms with Crippen LogP contribution >= 0.6 is 11.6 Å². The zero-order valence-electron chi connectivity index (χ0n) is 11.9. The van der Waals surface area contributed by atoms with Crippen LogP contribution in [0.3, 0.4) is 0 Å². The Morgan fingerprint density at radius 1 is 1.25 bits per heavy atom. The lowest BCUT2D eigenvalue weighted by Gasteiger charge is -2.14. The molecule has 0 spiro atoms. The minimum absolute atomic E-state index is 0.235. The van der Waals surface area contributed by atoms with E-state index in [1.165, 1.54) is 0 Å². The molecule has 0 radical (unpaired) electrons. The van der Waals surface area contributed by atoms with Gasteiger partial charge in [0.05, 0.1) is 0 Å². The quantitative estimate of drug-likeness (QED) is 0.900. The van der Waals surface area contributed by atoms with Crippen LogP contribution in [-0.2, 0) is 6.54 Å². The van der Waals surface area contributed by atoms with Crippen molar-refractivity contribution < 1.29 is 0 Å². The molecule has 106 valence electrons. The van der Waals surface area contributed by atoms with Gasteiger partial charge in [-0.3, -0.25) is 0 Å². The lowest BCUT2D eigenvalue weighted by Crippen LogP contribution is -2.10. The molecule has 0 saturated heterocycles. The number of rotatable bonds is 4. The van der Waals surface area contributed by atoms with Crippen molar-refractivity contribution in [2.75, 3.05) is 11.1 Å². The Labute approximate surface area is 124 Å². The fourth-order valence-electron chi connectivity index (χ4n) is 1.80. The van der Waals surface area contributed by atoms with E-state index in [-0.39, 0.29) is 5.92 Å². The SMILES string of the molecule is Cc1c(N)nc(C(C)C)nc1NCc1ccccc1Cl. The van der Waals surface area contributed by atoms with Crippen LogP contribution in [-0.4, -0.2) is 9.97 Å². The van der Waals surface area contributed by atoms with Gasteiger partial charge in [0.25, 0.3) is 0 Å². The minimum atomic E-state index is 0.235. The van der Waals surface area contributed by atoms with E-state index in [0.29, 0.717) is 12.4 Å². The average Bonchev–Trinajstić information content (AvgIpc) is 2.41. The first-order valence-electron chi connectivity index (χ1n) is 6.60. The van der Waals surface area contributed by atoms with Gasteiger partial charge >= 0.3 is 0 Å². The molecule has 1 aromatic carbocycles. The van der Waals surface area contributed by atoms with E-state index in [9.17, 15) is 0 Å². The van der Waals surface area contributed by atoms with E-state index in [4.69, 9.17) is 17.3 Å². The second kappa shape index (κ2) is 6.09. The largest absolute Gasteiger partial charge is 0.383 e. The third-order valence-corrected chi connectivity index (χ3v) is 3.49. The summed E-state index contributed by atoms with van der Waals surface area (Å²) in [4.78, 5) is 8.84. The maximum Gasteiger partial charge on any atom is 0.135 e. The molecule has 1 heterocycles. The fourth-order valence-corrected chi connectivity index (χ4v) is 2.01. The van der Waals surface area contributed by atoms with Crippen LogP contribution in [0.4, 0.5) is 11.6 Å². The second-order valence-electron chi connectivity index (χ2n) is 5.04. The first-order chi connectivity index (χ1) is 9.49. The number of hydrogen-bond acceptors (Lipinski definition) is 4. The molecule has 0 amide bonds. The van der Waals surface area contributed by atoms with Gasteiger partial charge in [-0.2, -0.15) is 0 Å². The molecule has 2 rings (SSSR count). The van der Waals surface area contributed by atoms with Crippen molar-refractivity contribution in [3.8, 4) is 0 Å². The summed E-state index contributed by atoms with van der Waals surface area (Å²) in [5.74, 6) is 2.26. The molecule has 0 aliphatic heterocycles. The summed E-state index contributed by atoms with van der Waals surface area (Å²) in [6, 6.07) is 7.73. The highest BCUT2D eigenvalue weighted by Gasteiger charge is 2.11. The molecule has 3 N–H and O–H groups in total. The first kappa shape index (κ1) is 14.6. The lowest BCUT2D eigenvalue weighted by molar-refractivity contribution is 0.774. The summed E-state index contributed by atoms with van der Waals surface area (Å²) in [6.45, 7) is 6.60. The van der Waals surface area contributed by atoms with Crippen LogP contribution < -0.4 is 11.1 Å². The van der Waals surface area contributed by atoms with E-state index in [0.717, 1.165) is 27.8 Å². The van der Waals surface area contributed by atoms with Crippen LogP contribution in [0.5, 0.6) is 0 Å². The number of halogens is 1. The second-order valence-corrected chi connectivity index (χ2v) is 5.45. The van der Waals surface area contributed by atoms with Gasteiger partial charge in [-0.15, -0.1) is 0 Å². The number of anilines is 2. The summed E-state index contributed by atoms with van der Waals surface area (Å²) in [5.41, 5.74) is 7.83. The summed E-state index contributed by atoms with van der Waals surface area (Å²) in [7, 11) is 0. The Bertz CT molecular complexity index is 611. The molecule has 5 heteroatoms. The lowest BCUT2D eigenvalue weighted by atomic mass is 10.2. The van der Waals surface area contributed by atoms with Crippen LogP contribution in [0, 0.1) is 6.92 Å². The van der Waals surface area contributed by atoms with Crippen LogP contribution in [0.1, 0.15) is 36.7 Å². The van der Waals surface area contributed by atoms with Gasteiger partial charge in [0.1, 0.15) is 17.5 Å². The van der Waals surface area contributed by atoms with Crippen molar-refractivity contribution in [3.05, 3.63) is 46.2 Å². The molecule has 0 bridgehead atoms. The van der Waals surface area contributed by atoms with Crippen molar-refractivity contribution in [1.29, 1.82) is 0 Å². The Morgan fingerprint density at radius 3 is 2.60 bits per heavy atom. The van der Waals surface area contributed by atoms with Crippen molar-refractivity contribution in [2.45, 2.75) is 33.2 Å². The summed E-state index contributed by atoms with van der Waals surface area (Å²) < 4.78 is 0. The first-order valence-corrected chi connectivity index (χ1v) is 6.98. The van der Waals surface area contributed by atoms with Crippen molar-refractivity contribution in [3.63, 3.8) is 0 Å². The molecule has 0 unspecified atom stereocenters. The third-order valence-electron chi connectivity index (χ3n) is 3.12. The van der Waals surface area contributed by atoms with Crippen molar-refractivity contribution in [2.24, 2.45) is 0 Å². The van der Waals surface area contributed by atoms with Crippen molar-refractivity contribution >= 4 is 23.2 Å². The van der Waals surface area contributed by atoms with Gasteiger partial charge in [0.15, 0.2) is 0 Å². The molecule has 0 atom stereocenters. The zero-order valence-corrected chi connectivity index (χ0v) is 12.7. The maximum absolute atomic E-state index is 6.15. The normalized spacial score (nSPS) is 10.8. The topological polar surface area (TPSA) is 63.8 Å². The van der Waals surface area contributed by atoms with E-state index in [1.54, 1.807) is 0 Å². The zero-order chi connectivity index (χ0) is 14.7. The maximum atomic E-state index is 6.15. The molecular weight excluding hydrogens is 272 g/mol. The van der Waals surface area contributed by atoms with E-state index < -0.39 is 0 Å². The molecule has 0 aliphatic rings. The van der Waals surface area contributed by atoms with Gasteiger partial charge in [0.2, 0.25) is 0 Å². The standard InChI is InChI=1S/C15H19ClN4/c1-9(2)14-19-13(17)10(3)15(20-14)18-8-11-6-4-5-7-12(11)16/h4-7,9H,8H2,1-3H3,(H3,17,18,19,20). The molecule has 0 saturated carbocycles. The summed E-state index contributed by atoms with van der Waals surface area (Å²) in [5, 5.41) is 4.03. The van der Waals surface area contributed by atoms with E-state index in [1.807, 2.05) is 45.0 Å². The van der Waals surface area contributed by atoms with Crippen LogP contribution in [0.15, 0.2) is 24.3 Å². The highest BCUT2D eigenvalue weighted by Crippen LogP contribution is 2.22. The Hall–Kier alpha value is -1.81. The summed E-state index contributed by atoms with van der Waals surface area (Å²) >= 11 is 6.15. The summed E-state index contributed by atoms with van der Waals surface area (Å²) in [6.07, 6.45) is 0. The number of nitrogen functional groups attached to an aromatic ring is 1. The number of nitrogens with zero attached hydrogens (tertiary/aromatic N) is 2. The van der Waals surface area contributed by atoms with Crippen molar-refractivity contribution in [1.82, 2.24) is 9.97 Å². The molecular formula is C15H19ClN4. The van der Waals surface area contributed by atoms with Gasteiger partial charge in [-0.1, -0.05) is 43.6 Å². The molecule has 0 aliphatic carbocycles. The van der Waals surface area contributed by atoms with E-state index in [2.05, 4.69) is 15.3 Å². The average molecular weight is 291 g/mol. The minimum Gasteiger partial charge on any atom is -0.383 e. The molecule has 1 aromatic heterocycles. The number of benzene rings is 1. The van der Waals surface area contributed by atoms with Gasteiger partial charge < -0.3 is 11.1 Å². The fraction of sp³-hybridized carbons (Fsp3) is 0.333. The van der Waals surface area contributed by atoms with E-state index >= 15 is 0 Å². The number of nitrogens with two attached hydrogens (primary N) is 1. The number of nitrogens with one attached hydrogen (secondary N) is 1.